The van der Waals surface area contributed by atoms with Crippen LogP contribution in [0.15, 0.2) is 10.7 Å². The summed E-state index contributed by atoms with van der Waals surface area (Å²) in [6.45, 7) is 4.15. The van der Waals surface area contributed by atoms with Crippen molar-refractivity contribution in [1.29, 1.82) is 0 Å². The molecule has 0 radical (unpaired) electrons. The molecule has 0 aromatic carbocycles. The van der Waals surface area contributed by atoms with Gasteiger partial charge in [0.05, 0.1) is 11.1 Å². The lowest BCUT2D eigenvalue weighted by atomic mass is 9.78. The second-order valence-electron chi connectivity index (χ2n) is 5.15. The number of nitrogens with zero attached hydrogens (tertiary/aromatic N) is 3. The molecular formula is C13H21BrN4O. The molecule has 1 fully saturated rings. The molecule has 0 saturated carbocycles. The van der Waals surface area contributed by atoms with Crippen LogP contribution in [0.2, 0.25) is 0 Å². The van der Waals surface area contributed by atoms with Gasteiger partial charge in [0, 0.05) is 31.7 Å². The van der Waals surface area contributed by atoms with E-state index in [4.69, 9.17) is 0 Å². The molecule has 1 aromatic rings. The van der Waals surface area contributed by atoms with Crippen LogP contribution in [0.4, 0.5) is 11.8 Å². The molecule has 106 valence electrons. The van der Waals surface area contributed by atoms with Crippen LogP contribution in [-0.4, -0.2) is 41.8 Å². The number of hydrogen-bond acceptors (Lipinski definition) is 5. The Kier molecular flexibility index (Phi) is 4.62. The monoisotopic (exact) mass is 328 g/mol. The summed E-state index contributed by atoms with van der Waals surface area (Å²) in [6.07, 6.45) is 4.90. The minimum absolute atomic E-state index is 0.00547. The normalized spacial score (nSPS) is 23.5. The molecule has 1 unspecified atom stereocenters. The second-order valence-corrected chi connectivity index (χ2v) is 6.01. The van der Waals surface area contributed by atoms with E-state index in [1.807, 2.05) is 7.05 Å². The van der Waals surface area contributed by atoms with E-state index >= 15 is 0 Å². The van der Waals surface area contributed by atoms with E-state index in [0.29, 0.717) is 0 Å². The molecule has 1 aliphatic rings. The summed E-state index contributed by atoms with van der Waals surface area (Å²) < 4.78 is 0.861. The third-order valence-electron chi connectivity index (χ3n) is 4.00. The van der Waals surface area contributed by atoms with Gasteiger partial charge in [0.15, 0.2) is 0 Å². The molecule has 1 atom stereocenters. The van der Waals surface area contributed by atoms with Gasteiger partial charge in [-0.05, 0) is 35.2 Å². The highest BCUT2D eigenvalue weighted by Crippen LogP contribution is 2.34. The maximum Gasteiger partial charge on any atom is 0.227 e. The number of nitrogens with one attached hydrogen (secondary N) is 1. The molecule has 1 aliphatic heterocycles. The molecule has 1 saturated heterocycles. The standard InChI is InChI=1S/C13H21BrN4O/c1-3-13(9-19)5-4-6-18(8-13)12-16-7-10(14)11(15-2)17-12/h7,19H,3-6,8-9H2,1-2H3,(H,15,16,17). The highest BCUT2D eigenvalue weighted by Gasteiger charge is 2.34. The van der Waals surface area contributed by atoms with Gasteiger partial charge in [-0.25, -0.2) is 4.98 Å². The molecule has 0 spiro atoms. The lowest BCUT2D eigenvalue weighted by molar-refractivity contribution is 0.101. The van der Waals surface area contributed by atoms with Crippen LogP contribution in [0, 0.1) is 5.41 Å². The molecule has 0 aliphatic carbocycles. The molecule has 5 nitrogen and oxygen atoms in total. The third-order valence-corrected chi connectivity index (χ3v) is 4.58. The Morgan fingerprint density at radius 2 is 2.37 bits per heavy atom. The fourth-order valence-corrected chi connectivity index (χ4v) is 2.98. The first-order valence-electron chi connectivity index (χ1n) is 6.70. The van der Waals surface area contributed by atoms with E-state index in [9.17, 15) is 5.11 Å². The predicted molar refractivity (Wildman–Crippen MR) is 80.5 cm³/mol. The number of aliphatic hydroxyl groups excluding tert-OH is 1. The third kappa shape index (κ3) is 3.00. The smallest absolute Gasteiger partial charge is 0.227 e. The maximum absolute atomic E-state index is 9.66. The predicted octanol–water partition coefficient (Wildman–Crippen LogP) is 2.27. The van der Waals surface area contributed by atoms with Crippen molar-refractivity contribution in [2.75, 3.05) is 37.0 Å². The summed E-state index contributed by atoms with van der Waals surface area (Å²) in [5.74, 6) is 1.53. The van der Waals surface area contributed by atoms with E-state index in [2.05, 4.69) is 43.0 Å². The lowest BCUT2D eigenvalue weighted by Crippen LogP contribution is -2.45. The number of hydrogen-bond donors (Lipinski definition) is 2. The molecule has 2 heterocycles. The van der Waals surface area contributed by atoms with Crippen molar-refractivity contribution in [3.63, 3.8) is 0 Å². The van der Waals surface area contributed by atoms with Crippen molar-refractivity contribution in [1.82, 2.24) is 9.97 Å². The first-order chi connectivity index (χ1) is 9.14. The van der Waals surface area contributed by atoms with Gasteiger partial charge in [-0.3, -0.25) is 0 Å². The van der Waals surface area contributed by atoms with Gasteiger partial charge in [0.2, 0.25) is 5.95 Å². The zero-order valence-electron chi connectivity index (χ0n) is 11.5. The zero-order valence-corrected chi connectivity index (χ0v) is 13.1. The number of halogens is 1. The first-order valence-corrected chi connectivity index (χ1v) is 7.49. The van der Waals surface area contributed by atoms with E-state index in [0.717, 1.165) is 48.6 Å². The van der Waals surface area contributed by atoms with E-state index < -0.39 is 0 Å². The van der Waals surface area contributed by atoms with Crippen molar-refractivity contribution in [2.45, 2.75) is 26.2 Å². The number of rotatable bonds is 4. The van der Waals surface area contributed by atoms with Crippen LogP contribution in [0.3, 0.4) is 0 Å². The SMILES string of the molecule is CCC1(CO)CCCN(c2ncc(Br)c(NC)n2)C1. The van der Waals surface area contributed by atoms with Crippen LogP contribution in [0.1, 0.15) is 26.2 Å². The fraction of sp³-hybridized carbons (Fsp3) is 0.692. The number of anilines is 2. The molecule has 2 N–H and O–H groups in total. The number of piperidine rings is 1. The lowest BCUT2D eigenvalue weighted by Gasteiger charge is -2.41. The zero-order chi connectivity index (χ0) is 13.9. The van der Waals surface area contributed by atoms with Crippen molar-refractivity contribution in [3.05, 3.63) is 10.7 Å². The van der Waals surface area contributed by atoms with E-state index in [1.54, 1.807) is 6.20 Å². The van der Waals surface area contributed by atoms with Gasteiger partial charge in [-0.2, -0.15) is 4.98 Å². The summed E-state index contributed by atoms with van der Waals surface area (Å²) in [5.41, 5.74) is -0.00547. The van der Waals surface area contributed by atoms with Crippen LogP contribution in [0.5, 0.6) is 0 Å². The summed E-state index contributed by atoms with van der Waals surface area (Å²) >= 11 is 3.42. The highest BCUT2D eigenvalue weighted by atomic mass is 79.9. The van der Waals surface area contributed by atoms with Crippen molar-refractivity contribution in [3.8, 4) is 0 Å². The quantitative estimate of drug-likeness (QED) is 0.887. The van der Waals surface area contributed by atoms with Gasteiger partial charge < -0.3 is 15.3 Å². The Morgan fingerprint density at radius 1 is 1.58 bits per heavy atom. The maximum atomic E-state index is 9.66. The van der Waals surface area contributed by atoms with Crippen LogP contribution < -0.4 is 10.2 Å². The average Bonchev–Trinajstić information content (AvgIpc) is 2.47. The summed E-state index contributed by atoms with van der Waals surface area (Å²) in [4.78, 5) is 11.1. The van der Waals surface area contributed by atoms with Gasteiger partial charge >= 0.3 is 0 Å². The minimum Gasteiger partial charge on any atom is -0.396 e. The Labute approximate surface area is 122 Å². The van der Waals surface area contributed by atoms with Crippen LogP contribution >= 0.6 is 15.9 Å². The Balaban J connectivity index is 2.22. The van der Waals surface area contributed by atoms with Crippen LogP contribution in [-0.2, 0) is 0 Å². The Morgan fingerprint density at radius 3 is 3.00 bits per heavy atom. The number of aromatic nitrogens is 2. The average molecular weight is 329 g/mol. The largest absolute Gasteiger partial charge is 0.396 e. The Bertz CT molecular complexity index is 437. The van der Waals surface area contributed by atoms with Gasteiger partial charge in [0.1, 0.15) is 5.82 Å². The van der Waals surface area contributed by atoms with Crippen molar-refractivity contribution >= 4 is 27.7 Å². The molecule has 2 rings (SSSR count). The first kappa shape index (κ1) is 14.5. The summed E-state index contributed by atoms with van der Waals surface area (Å²) in [6, 6.07) is 0. The summed E-state index contributed by atoms with van der Waals surface area (Å²) in [5, 5.41) is 12.7. The molecule has 0 amide bonds. The number of aliphatic hydroxyl groups is 1. The van der Waals surface area contributed by atoms with Gasteiger partial charge in [0.25, 0.3) is 0 Å². The second kappa shape index (κ2) is 6.05. The molecule has 19 heavy (non-hydrogen) atoms. The van der Waals surface area contributed by atoms with E-state index in [-0.39, 0.29) is 12.0 Å². The highest BCUT2D eigenvalue weighted by molar-refractivity contribution is 9.10. The fourth-order valence-electron chi connectivity index (χ4n) is 2.59. The van der Waals surface area contributed by atoms with E-state index in [1.165, 1.54) is 0 Å². The van der Waals surface area contributed by atoms with Gasteiger partial charge in [-0.15, -0.1) is 0 Å². The van der Waals surface area contributed by atoms with Crippen molar-refractivity contribution in [2.24, 2.45) is 5.41 Å². The summed E-state index contributed by atoms with van der Waals surface area (Å²) in [7, 11) is 1.84. The molecular weight excluding hydrogens is 308 g/mol. The molecule has 1 aromatic heterocycles. The molecule has 6 heteroatoms. The Hall–Kier alpha value is -0.880. The van der Waals surface area contributed by atoms with Crippen molar-refractivity contribution < 1.29 is 5.11 Å². The topological polar surface area (TPSA) is 61.3 Å². The minimum atomic E-state index is -0.00547. The van der Waals surface area contributed by atoms with Crippen LogP contribution in [0.25, 0.3) is 0 Å². The van der Waals surface area contributed by atoms with Gasteiger partial charge in [-0.1, -0.05) is 6.92 Å². The molecule has 0 bridgehead atoms.